The van der Waals surface area contributed by atoms with Crippen LogP contribution in [0.3, 0.4) is 0 Å². The number of benzene rings is 5. The maximum Gasteiger partial charge on any atom is 0.300 e. The van der Waals surface area contributed by atoms with Crippen molar-refractivity contribution in [1.29, 1.82) is 0 Å². The van der Waals surface area contributed by atoms with Gasteiger partial charge in [0.15, 0.2) is 34.4 Å². The normalized spacial score (nSPS) is 19.7. The minimum atomic E-state index is -1.68. The first kappa shape index (κ1) is 30.9. The number of hydrogen-bond donors (Lipinski definition) is 0. The van der Waals surface area contributed by atoms with Crippen molar-refractivity contribution in [3.05, 3.63) is 155 Å². The first-order valence-electron chi connectivity index (χ1n) is 18.3. The number of aromatic nitrogens is 3. The summed E-state index contributed by atoms with van der Waals surface area (Å²) >= 11 is 0. The van der Waals surface area contributed by atoms with Crippen LogP contribution in [0.1, 0.15) is 34.2 Å². The van der Waals surface area contributed by atoms with Gasteiger partial charge < -0.3 is 4.42 Å². The second-order valence-corrected chi connectivity index (χ2v) is 21.3. The van der Waals surface area contributed by atoms with Crippen molar-refractivity contribution >= 4 is 46.2 Å². The average Bonchev–Trinajstić information content (AvgIpc) is 3.77. The highest BCUT2D eigenvalue weighted by atomic mass is 28.3. The maximum absolute atomic E-state index is 17.1. The molecule has 53 heavy (non-hydrogen) atoms. The van der Waals surface area contributed by atoms with Crippen LogP contribution in [-0.2, 0) is 5.54 Å². The van der Waals surface area contributed by atoms with E-state index in [9.17, 15) is 4.39 Å². The van der Waals surface area contributed by atoms with E-state index < -0.39 is 19.4 Å². The van der Waals surface area contributed by atoms with Crippen LogP contribution in [0.5, 0.6) is 0 Å². The van der Waals surface area contributed by atoms with Gasteiger partial charge in [0.2, 0.25) is 5.69 Å². The Morgan fingerprint density at radius 3 is 2.40 bits per heavy atom. The quantitative estimate of drug-likeness (QED) is 0.0996. The van der Waals surface area contributed by atoms with Crippen LogP contribution in [0.25, 0.3) is 61.3 Å². The zero-order valence-electron chi connectivity index (χ0n) is 30.3. The fourth-order valence-electron chi connectivity index (χ4n) is 10.2. The molecular weight excluding hydrogens is 677 g/mol. The number of hydrogen-bond acceptors (Lipinski definition) is 1. The smallest absolute Gasteiger partial charge is 0.300 e. The first-order valence-corrected chi connectivity index (χ1v) is 21.8. The zero-order valence-corrected chi connectivity index (χ0v) is 31.3. The van der Waals surface area contributed by atoms with Crippen LogP contribution < -0.4 is 14.3 Å². The Hall–Kier alpha value is -5.66. The summed E-state index contributed by atoms with van der Waals surface area (Å²) in [6.45, 7) is 16.4. The number of halogens is 2. The van der Waals surface area contributed by atoms with E-state index in [2.05, 4.69) is 132 Å². The summed E-state index contributed by atoms with van der Waals surface area (Å²) in [5, 5.41) is 2.30. The molecule has 1 fully saturated rings. The molecule has 5 aromatic carbocycles. The van der Waals surface area contributed by atoms with Crippen molar-refractivity contribution in [3.63, 3.8) is 0 Å². The fourth-order valence-corrected chi connectivity index (χ4v) is 11.3. The molecule has 3 atom stereocenters. The highest BCUT2D eigenvalue weighted by Crippen LogP contribution is 2.67. The number of nitrogens with zero attached hydrogens (tertiary/aromatic N) is 3. The van der Waals surface area contributed by atoms with E-state index in [1.165, 1.54) is 34.1 Å². The lowest BCUT2D eigenvalue weighted by Crippen LogP contribution is -2.74. The average molecular weight is 714 g/mol. The number of aryl methyl sites for hydroxylation is 2. The van der Waals surface area contributed by atoms with Gasteiger partial charge in [-0.15, -0.1) is 0 Å². The summed E-state index contributed by atoms with van der Waals surface area (Å²) in [5.74, 6) is -0.00730. The molecule has 0 N–H and O–H groups in total. The summed E-state index contributed by atoms with van der Waals surface area (Å²) in [7, 11) is -1.68. The number of furan rings is 1. The molecule has 1 spiro atoms. The summed E-state index contributed by atoms with van der Waals surface area (Å²) in [4.78, 5) is 0. The van der Waals surface area contributed by atoms with Crippen LogP contribution in [0, 0.1) is 25.5 Å². The molecule has 0 saturated heterocycles. The summed E-state index contributed by atoms with van der Waals surface area (Å²) in [5.41, 5.74) is 11.5. The predicted molar refractivity (Wildman–Crippen MR) is 209 cm³/mol. The molecule has 2 aliphatic heterocycles. The number of allylic oxidation sites excluding steroid dienone is 1. The minimum Gasteiger partial charge on any atom is -0.455 e. The number of rotatable bonds is 2. The zero-order chi connectivity index (χ0) is 36.3. The lowest BCUT2D eigenvalue weighted by atomic mass is 9.52. The number of para-hydroxylation sites is 3. The Morgan fingerprint density at radius 2 is 1.60 bits per heavy atom. The first-order chi connectivity index (χ1) is 25.5. The van der Waals surface area contributed by atoms with Crippen molar-refractivity contribution in [3.8, 4) is 28.3 Å². The van der Waals surface area contributed by atoms with Gasteiger partial charge in [-0.1, -0.05) is 80.8 Å². The Balaban J connectivity index is 1.34. The van der Waals surface area contributed by atoms with E-state index in [-0.39, 0.29) is 17.8 Å². The molecule has 3 aromatic heterocycles. The highest BCUT2D eigenvalue weighted by molar-refractivity contribution is 6.88. The molecule has 11 rings (SSSR count). The molecule has 1 saturated carbocycles. The van der Waals surface area contributed by atoms with Crippen molar-refractivity contribution in [2.24, 2.45) is 0 Å². The van der Waals surface area contributed by atoms with Gasteiger partial charge in [0.1, 0.15) is 34.4 Å². The second-order valence-electron chi connectivity index (χ2n) is 16.2. The Morgan fingerprint density at radius 1 is 0.849 bits per heavy atom. The van der Waals surface area contributed by atoms with E-state index in [1.807, 2.05) is 0 Å². The SMILES string of the molecule is C=C1C2C(c3ccccc3-c3ccc([Si](C)(C)C)c[n+]32)C12c1cc(F)c3c(oc4cc(F)ccc43)c1-c1n(-c3c(C)cccc3C)c3ccccc3[n+]12. The molecule has 0 amide bonds. The van der Waals surface area contributed by atoms with Gasteiger partial charge in [0.25, 0.3) is 5.82 Å². The van der Waals surface area contributed by atoms with Gasteiger partial charge in [-0.2, -0.15) is 9.13 Å². The van der Waals surface area contributed by atoms with E-state index in [0.717, 1.165) is 50.4 Å². The van der Waals surface area contributed by atoms with Gasteiger partial charge in [0.05, 0.1) is 19.0 Å². The van der Waals surface area contributed by atoms with E-state index in [1.54, 1.807) is 12.1 Å². The fraction of sp³-hybridized carbons (Fsp3) is 0.174. The Labute approximate surface area is 306 Å². The van der Waals surface area contributed by atoms with Gasteiger partial charge in [-0.25, -0.2) is 13.3 Å². The van der Waals surface area contributed by atoms with Crippen LogP contribution in [0.15, 0.2) is 126 Å². The maximum atomic E-state index is 17.1. The standard InChI is InChI=1S/C46H37F2N3OSi/c1-25-12-11-13-26(2)42(25)50-36-16-9-10-17-37(36)51-45(50)40-33(23-34(48)39-32-20-18-28(47)22-38(32)52-44(39)40)46(51)27(3)43-41(46)31-15-8-7-14-30(31)35-21-19-29(24-49(35)43)53(4,5)6/h7-24,41,43H,3H2,1-2,4-6H3/q+2. The largest absolute Gasteiger partial charge is 0.455 e. The molecule has 8 aromatic rings. The van der Waals surface area contributed by atoms with Gasteiger partial charge >= 0.3 is 0 Å². The van der Waals surface area contributed by atoms with Gasteiger partial charge in [-0.05, 0) is 66.9 Å². The van der Waals surface area contributed by atoms with Crippen LogP contribution >= 0.6 is 0 Å². The molecule has 4 nitrogen and oxygen atoms in total. The van der Waals surface area contributed by atoms with Crippen molar-refractivity contribution in [2.75, 3.05) is 0 Å². The lowest BCUT2D eigenvalue weighted by molar-refractivity contribution is -0.780. The Bertz CT molecular complexity index is 2960. The molecule has 0 radical (unpaired) electrons. The van der Waals surface area contributed by atoms with Crippen LogP contribution in [-0.4, -0.2) is 12.6 Å². The molecule has 258 valence electrons. The molecule has 7 heteroatoms. The monoisotopic (exact) mass is 713 g/mol. The molecule has 0 bridgehead atoms. The van der Waals surface area contributed by atoms with Gasteiger partial charge in [-0.3, -0.25) is 0 Å². The third kappa shape index (κ3) is 3.63. The third-order valence-electron chi connectivity index (χ3n) is 12.4. The van der Waals surface area contributed by atoms with E-state index in [0.29, 0.717) is 21.9 Å². The number of pyridine rings is 1. The second kappa shape index (κ2) is 10.1. The molecule has 3 unspecified atom stereocenters. The van der Waals surface area contributed by atoms with E-state index >= 15 is 4.39 Å². The number of fused-ring (bicyclic) bond motifs is 18. The topological polar surface area (TPSA) is 25.8 Å². The summed E-state index contributed by atoms with van der Waals surface area (Å²) in [6, 6.07) is 34.2. The summed E-state index contributed by atoms with van der Waals surface area (Å²) in [6.07, 6.45) is 2.37. The van der Waals surface area contributed by atoms with Crippen molar-refractivity contribution in [2.45, 2.75) is 51.0 Å². The van der Waals surface area contributed by atoms with Crippen LogP contribution in [0.2, 0.25) is 19.6 Å². The molecular formula is C46H37F2N3OSi+2. The summed E-state index contributed by atoms with van der Waals surface area (Å²) < 4.78 is 45.7. The predicted octanol–water partition coefficient (Wildman–Crippen LogP) is 9.84. The Kier molecular flexibility index (Phi) is 5.86. The van der Waals surface area contributed by atoms with E-state index in [4.69, 9.17) is 11.0 Å². The molecule has 1 aliphatic carbocycles. The minimum absolute atomic E-state index is 0.0617. The number of imidazole rings is 1. The molecule has 5 heterocycles. The highest BCUT2D eigenvalue weighted by Gasteiger charge is 2.75. The van der Waals surface area contributed by atoms with Crippen LogP contribution in [0.4, 0.5) is 8.78 Å². The lowest BCUT2D eigenvalue weighted by Gasteiger charge is -2.52. The molecule has 3 aliphatic rings. The van der Waals surface area contributed by atoms with Crippen molar-refractivity contribution < 1.29 is 22.3 Å². The van der Waals surface area contributed by atoms with Gasteiger partial charge in [0, 0.05) is 33.8 Å². The van der Waals surface area contributed by atoms with Crippen molar-refractivity contribution in [1.82, 2.24) is 4.57 Å². The third-order valence-corrected chi connectivity index (χ3v) is 14.5.